The van der Waals surface area contributed by atoms with Gasteiger partial charge in [0.15, 0.2) is 0 Å². The summed E-state index contributed by atoms with van der Waals surface area (Å²) in [7, 11) is 0. The summed E-state index contributed by atoms with van der Waals surface area (Å²) in [5, 5.41) is 13.9. The Labute approximate surface area is 276 Å². The van der Waals surface area contributed by atoms with Gasteiger partial charge in [-0.25, -0.2) is 7.86 Å². The molecule has 9 atom stereocenters. The molecule has 2 N–H and O–H groups in total. The fourth-order valence-electron chi connectivity index (χ4n) is 13.4. The molecule has 0 aromatic rings. The van der Waals surface area contributed by atoms with Crippen molar-refractivity contribution >= 4 is 5.97 Å². The van der Waals surface area contributed by atoms with Gasteiger partial charge in [-0.3, -0.25) is 0 Å². The van der Waals surface area contributed by atoms with Crippen LogP contribution in [0.5, 0.6) is 0 Å². The molecule has 6 aliphatic carbocycles. The number of aliphatic hydroxyl groups excluding tert-OH is 1. The van der Waals surface area contributed by atoms with Gasteiger partial charge in [0.1, 0.15) is 0 Å². The fourth-order valence-corrected chi connectivity index (χ4v) is 13.9. The Hall–Kier alpha value is -0.400. The van der Waals surface area contributed by atoms with Gasteiger partial charge in [0.25, 0.3) is 0 Å². The van der Waals surface area contributed by atoms with Crippen molar-refractivity contribution in [1.29, 1.82) is 0 Å². The molecular weight excluding hydrogens is 645 g/mol. The molecule has 6 rings (SSSR count). The molecular formula is C38H61INO3+. The molecule has 4 fully saturated rings. The smallest absolute Gasteiger partial charge is 0.396 e. The van der Waals surface area contributed by atoms with Gasteiger partial charge in [-0.1, -0.05) is 60.1 Å². The third kappa shape index (κ3) is 4.64. The second kappa shape index (κ2) is 11.4. The molecule has 0 radical (unpaired) electrons. The van der Waals surface area contributed by atoms with E-state index in [1.165, 1.54) is 106 Å². The molecule has 4 saturated carbocycles. The van der Waals surface area contributed by atoms with Crippen LogP contribution in [0.3, 0.4) is 0 Å². The zero-order chi connectivity index (χ0) is 30.9. The Morgan fingerprint density at radius 1 is 0.930 bits per heavy atom. The normalized spacial score (nSPS) is 46.9. The molecule has 0 aromatic heterocycles. The summed E-state index contributed by atoms with van der Waals surface area (Å²) in [6.45, 7) is 16.9. The Morgan fingerprint density at radius 3 is 2.40 bits per heavy atom. The zero-order valence-corrected chi connectivity index (χ0v) is 30.5. The number of carbonyl (C=O) groups is 1. The lowest BCUT2D eigenvalue weighted by Crippen LogP contribution is -3.34. The van der Waals surface area contributed by atoms with Crippen molar-refractivity contribution < 1.29 is 36.0 Å². The minimum atomic E-state index is -0.562. The van der Waals surface area contributed by atoms with Gasteiger partial charge in [0, 0.05) is 12.1 Å². The zero-order valence-electron chi connectivity index (χ0n) is 28.2. The molecule has 6 aliphatic rings. The van der Waals surface area contributed by atoms with Crippen molar-refractivity contribution in [2.24, 2.45) is 50.7 Å². The van der Waals surface area contributed by atoms with E-state index in [1.807, 2.05) is 0 Å². The average molecular weight is 707 g/mol. The molecule has 0 heterocycles. The minimum Gasteiger partial charge on any atom is -0.396 e. The van der Waals surface area contributed by atoms with Gasteiger partial charge in [0.05, 0.1) is 5.41 Å². The number of rotatable bonds is 7. The van der Waals surface area contributed by atoms with Crippen LogP contribution in [-0.2, 0) is 7.86 Å². The lowest BCUT2D eigenvalue weighted by Gasteiger charge is -2.72. The van der Waals surface area contributed by atoms with E-state index in [-0.39, 0.29) is 18.0 Å². The van der Waals surface area contributed by atoms with Gasteiger partial charge in [-0.2, -0.15) is 0 Å². The monoisotopic (exact) mass is 706 g/mol. The lowest BCUT2D eigenvalue weighted by molar-refractivity contribution is -0.659. The Morgan fingerprint density at radius 2 is 1.72 bits per heavy atom. The number of halogens is 1. The van der Waals surface area contributed by atoms with E-state index >= 15 is 0 Å². The third-order valence-electron chi connectivity index (χ3n) is 15.7. The van der Waals surface area contributed by atoms with Crippen molar-refractivity contribution in [2.75, 3.05) is 13.2 Å². The first-order valence-corrected chi connectivity index (χ1v) is 18.9. The highest BCUT2D eigenvalue weighted by atomic mass is 127. The summed E-state index contributed by atoms with van der Waals surface area (Å²) in [6.07, 6.45) is 22.9. The summed E-state index contributed by atoms with van der Waals surface area (Å²) in [4.78, 5) is 12.8. The first-order chi connectivity index (χ1) is 20.4. The molecule has 0 saturated heterocycles. The lowest BCUT2D eigenvalue weighted by atomic mass is 9.33. The van der Waals surface area contributed by atoms with Gasteiger partial charge >= 0.3 is 29.0 Å². The van der Waals surface area contributed by atoms with Crippen LogP contribution in [0.15, 0.2) is 23.3 Å². The highest BCUT2D eigenvalue weighted by Gasteiger charge is 2.69. The number of nitrogens with one attached hydrogen (secondary N) is 1. The quantitative estimate of drug-likeness (QED) is 0.351. The summed E-state index contributed by atoms with van der Waals surface area (Å²) < 4.78 is 5.22. The molecule has 0 amide bonds. The number of hydrogen-bond donors (Lipinski definition) is 2. The first-order valence-electron chi connectivity index (χ1n) is 18.0. The Bertz CT molecular complexity index is 1160. The Kier molecular flexibility index (Phi) is 8.62. The van der Waals surface area contributed by atoms with E-state index in [0.29, 0.717) is 40.5 Å². The highest BCUT2D eigenvalue weighted by molar-refractivity contribution is 5.77. The molecule has 5 heteroatoms. The van der Waals surface area contributed by atoms with E-state index in [4.69, 9.17) is 3.07 Å². The van der Waals surface area contributed by atoms with Crippen LogP contribution in [0.25, 0.3) is 0 Å². The SMILES string of the molecule is CCCN[C@]12CCC[C@@H]1[C@H]1CC[C@@H]3[C@@]4(C)CC=C(C5=CCC(CCO)(C(=O)O[IH+])CC5)C(C)(C)[C@@H]4CC[C@@]3(C)[C@]1(C)CC2. The largest absolute Gasteiger partial charge is 0.519 e. The van der Waals surface area contributed by atoms with Gasteiger partial charge < -0.3 is 10.4 Å². The van der Waals surface area contributed by atoms with Crippen molar-refractivity contribution in [2.45, 2.75) is 143 Å². The average Bonchev–Trinajstić information content (AvgIpc) is 3.41. The second-order valence-corrected chi connectivity index (χ2v) is 17.8. The van der Waals surface area contributed by atoms with Crippen molar-refractivity contribution in [1.82, 2.24) is 5.32 Å². The number of aliphatic hydroxyl groups is 1. The Balaban J connectivity index is 1.28. The first kappa shape index (κ1) is 32.5. The van der Waals surface area contributed by atoms with E-state index in [1.54, 1.807) is 5.57 Å². The predicted octanol–water partition coefficient (Wildman–Crippen LogP) is 5.35. The van der Waals surface area contributed by atoms with E-state index in [2.05, 4.69) is 59.0 Å². The van der Waals surface area contributed by atoms with Crippen molar-refractivity contribution in [3.05, 3.63) is 23.3 Å². The fraction of sp³-hybridized carbons (Fsp3) is 0.868. The maximum Gasteiger partial charge on any atom is 0.519 e. The van der Waals surface area contributed by atoms with Crippen LogP contribution in [0.1, 0.15) is 138 Å². The molecule has 1 unspecified atom stereocenters. The molecule has 43 heavy (non-hydrogen) atoms. The van der Waals surface area contributed by atoms with E-state index in [0.717, 1.165) is 30.6 Å². The highest BCUT2D eigenvalue weighted by Crippen LogP contribution is 2.76. The maximum absolute atomic E-state index is 12.8. The van der Waals surface area contributed by atoms with Gasteiger partial charge in [-0.15, -0.1) is 0 Å². The molecule has 0 aromatic carbocycles. The van der Waals surface area contributed by atoms with Gasteiger partial charge in [-0.05, 0) is 153 Å². The number of fused-ring (bicyclic) bond motifs is 7. The molecule has 0 bridgehead atoms. The van der Waals surface area contributed by atoms with Crippen LogP contribution >= 0.6 is 0 Å². The summed E-state index contributed by atoms with van der Waals surface area (Å²) in [5.41, 5.74) is 4.19. The van der Waals surface area contributed by atoms with Crippen LogP contribution in [0.4, 0.5) is 0 Å². The van der Waals surface area contributed by atoms with Crippen LogP contribution in [0.2, 0.25) is 0 Å². The van der Waals surface area contributed by atoms with E-state index < -0.39 is 5.41 Å². The summed E-state index contributed by atoms with van der Waals surface area (Å²) in [5.74, 6) is 3.06. The molecule has 0 aliphatic heterocycles. The predicted molar refractivity (Wildman–Crippen MR) is 171 cm³/mol. The topological polar surface area (TPSA) is 58.6 Å². The third-order valence-corrected chi connectivity index (χ3v) is 16.2. The number of carbonyl (C=O) groups excluding carboxylic acids is 1. The standard InChI is InChI=1S/C38H61INO3/c1-7-24-40-38-16-8-9-29(38)28-10-11-31-34(4)17-14-27(26-12-19-37(20-13-26,23-25-41)32(42)43-39)33(2,3)30(34)15-18-36(31,6)35(28,5)21-22-38/h12,14,28-31,39-41H,7-11,13,15-25H2,1-6H3/q+1/t28-,29-,30+,31-,34+,35-,36-,37?,38+/m1/s1. The van der Waals surface area contributed by atoms with Crippen molar-refractivity contribution in [3.8, 4) is 0 Å². The molecule has 242 valence electrons. The van der Waals surface area contributed by atoms with E-state index in [9.17, 15) is 9.90 Å². The summed E-state index contributed by atoms with van der Waals surface area (Å²) >= 11 is 1.41. The van der Waals surface area contributed by atoms with Gasteiger partial charge in [0.2, 0.25) is 0 Å². The van der Waals surface area contributed by atoms with Crippen molar-refractivity contribution in [3.63, 3.8) is 0 Å². The maximum atomic E-state index is 12.8. The number of hydrogen-bond acceptors (Lipinski definition) is 4. The second-order valence-electron chi connectivity index (χ2n) is 17.4. The molecule has 4 nitrogen and oxygen atoms in total. The van der Waals surface area contributed by atoms with Crippen LogP contribution in [-0.4, -0.2) is 29.8 Å². The summed E-state index contributed by atoms with van der Waals surface area (Å²) in [6, 6.07) is 0. The van der Waals surface area contributed by atoms with Crippen LogP contribution < -0.4 is 28.3 Å². The minimum absolute atomic E-state index is 0.0327. The van der Waals surface area contributed by atoms with Crippen LogP contribution in [0, 0.1) is 50.7 Å². The molecule has 0 spiro atoms. The number of allylic oxidation sites excluding steroid dienone is 4.